The number of rotatable bonds is 4. The van der Waals surface area contributed by atoms with Gasteiger partial charge in [0.25, 0.3) is 0 Å². The van der Waals surface area contributed by atoms with Crippen molar-refractivity contribution in [2.75, 3.05) is 0 Å². The average Bonchev–Trinajstić information content (AvgIpc) is 2.86. The van der Waals surface area contributed by atoms with Crippen molar-refractivity contribution in [1.82, 2.24) is 0 Å². The van der Waals surface area contributed by atoms with E-state index in [1.165, 1.54) is 5.56 Å². The van der Waals surface area contributed by atoms with Crippen molar-refractivity contribution >= 4 is 0 Å². The summed E-state index contributed by atoms with van der Waals surface area (Å²) in [5.41, 5.74) is 3.65. The van der Waals surface area contributed by atoms with Crippen LogP contribution < -0.4 is 0 Å². The van der Waals surface area contributed by atoms with Crippen LogP contribution in [0.5, 0.6) is 11.5 Å². The predicted molar refractivity (Wildman–Crippen MR) is 87.3 cm³/mol. The number of phenolic OH excluding ortho intramolecular Hbond substituents is 2. The first-order valence-electron chi connectivity index (χ1n) is 7.97. The average molecular weight is 298 g/mol. The van der Waals surface area contributed by atoms with Crippen molar-refractivity contribution < 1.29 is 14.7 Å². The van der Waals surface area contributed by atoms with Crippen molar-refractivity contribution in [2.45, 2.75) is 45.9 Å². The van der Waals surface area contributed by atoms with Crippen LogP contribution in [0.4, 0.5) is 0 Å². The minimum absolute atomic E-state index is 0.0115. The van der Waals surface area contributed by atoms with Gasteiger partial charge >= 0.3 is 0 Å². The minimum atomic E-state index is -0.0115. The normalized spacial score (nSPS) is 17.2. The summed E-state index contributed by atoms with van der Waals surface area (Å²) in [7, 11) is 0. The van der Waals surface area contributed by atoms with E-state index in [9.17, 15) is 10.2 Å². The fourth-order valence-electron chi connectivity index (χ4n) is 3.61. The fourth-order valence-corrected chi connectivity index (χ4v) is 3.61. The Kier molecular flexibility index (Phi) is 3.83. The zero-order valence-corrected chi connectivity index (χ0v) is 13.3. The van der Waals surface area contributed by atoms with Crippen molar-refractivity contribution in [3.8, 4) is 11.5 Å². The molecule has 2 aromatic carbocycles. The highest BCUT2D eigenvalue weighted by Crippen LogP contribution is 2.40. The zero-order chi connectivity index (χ0) is 15.7. The smallest absolute Gasteiger partial charge is 0.157 e. The van der Waals surface area contributed by atoms with Crippen LogP contribution in [0.2, 0.25) is 0 Å². The van der Waals surface area contributed by atoms with E-state index in [2.05, 4.69) is 38.1 Å². The van der Waals surface area contributed by atoms with E-state index in [0.29, 0.717) is 6.04 Å². The largest absolute Gasteiger partial charge is 0.504 e. The van der Waals surface area contributed by atoms with E-state index >= 15 is 0 Å². The third-order valence-electron chi connectivity index (χ3n) is 5.13. The van der Waals surface area contributed by atoms with Crippen LogP contribution in [0.15, 0.2) is 42.5 Å². The molecule has 3 nitrogen and oxygen atoms in total. The molecule has 1 aliphatic heterocycles. The topological polar surface area (TPSA) is 40.5 Å². The number of phenols is 2. The third-order valence-corrected chi connectivity index (χ3v) is 5.13. The number of hydrogen-bond donors (Lipinski definition) is 2. The van der Waals surface area contributed by atoms with Gasteiger partial charge in [-0.2, -0.15) is 0 Å². The Morgan fingerprint density at radius 3 is 2.05 bits per heavy atom. The quantitative estimate of drug-likeness (QED) is 0.663. The van der Waals surface area contributed by atoms with Crippen LogP contribution >= 0.6 is 0 Å². The predicted octanol–water partition coefficient (Wildman–Crippen LogP) is 3.93. The molecule has 0 amide bonds. The summed E-state index contributed by atoms with van der Waals surface area (Å²) in [6, 6.07) is 14.6. The Hall–Kier alpha value is -2.00. The monoisotopic (exact) mass is 298 g/mol. The van der Waals surface area contributed by atoms with Gasteiger partial charge in [-0.15, -0.1) is 0 Å². The molecule has 0 radical (unpaired) electrons. The number of benzene rings is 2. The molecule has 0 spiro atoms. The van der Waals surface area contributed by atoms with Gasteiger partial charge in [-0.3, -0.25) is 0 Å². The summed E-state index contributed by atoms with van der Waals surface area (Å²) in [4.78, 5) is 0. The molecule has 3 heteroatoms. The molecule has 3 rings (SSSR count). The summed E-state index contributed by atoms with van der Waals surface area (Å²) in [6.45, 7) is 7.33. The molecule has 116 valence electrons. The molecule has 2 N–H and O–H groups in total. The molecular formula is C19H24NO2+. The van der Waals surface area contributed by atoms with Crippen molar-refractivity contribution in [3.63, 3.8) is 0 Å². The molecule has 22 heavy (non-hydrogen) atoms. The van der Waals surface area contributed by atoms with Crippen LogP contribution in [0, 0.1) is 0 Å². The summed E-state index contributed by atoms with van der Waals surface area (Å²) in [5.74, 6) is -0.0229. The van der Waals surface area contributed by atoms with E-state index in [-0.39, 0.29) is 11.5 Å². The third kappa shape index (κ3) is 2.57. The fraction of sp³-hybridized carbons (Fsp3) is 0.368. The Morgan fingerprint density at radius 1 is 1.00 bits per heavy atom. The summed E-state index contributed by atoms with van der Waals surface area (Å²) in [5, 5.41) is 19.6. The van der Waals surface area contributed by atoms with Crippen LogP contribution in [-0.4, -0.2) is 20.7 Å². The molecule has 2 aromatic rings. The minimum Gasteiger partial charge on any atom is -0.504 e. The maximum Gasteiger partial charge on any atom is 0.157 e. The molecule has 0 bridgehead atoms. The molecule has 0 saturated carbocycles. The molecule has 1 unspecified atom stereocenters. The molecule has 0 saturated heterocycles. The summed E-state index contributed by atoms with van der Waals surface area (Å²) in [6.07, 6.45) is 1.11. The first-order chi connectivity index (χ1) is 10.5. The van der Waals surface area contributed by atoms with Crippen LogP contribution in [0.1, 0.15) is 37.0 Å². The Balaban J connectivity index is 1.96. The van der Waals surface area contributed by atoms with E-state index in [1.807, 2.05) is 6.07 Å². The van der Waals surface area contributed by atoms with Crippen molar-refractivity contribution in [1.29, 1.82) is 0 Å². The number of nitrogens with zero attached hydrogens (tertiary/aromatic N) is 1. The van der Waals surface area contributed by atoms with E-state index in [1.54, 1.807) is 12.1 Å². The van der Waals surface area contributed by atoms with Crippen molar-refractivity contribution in [2.24, 2.45) is 0 Å². The SMILES string of the molecule is CCC(C)[N+]1(Cc2ccccc2)Cc2cc(O)c(O)cc2C1. The zero-order valence-electron chi connectivity index (χ0n) is 13.3. The van der Waals surface area contributed by atoms with Gasteiger partial charge < -0.3 is 14.7 Å². The second kappa shape index (κ2) is 5.65. The Morgan fingerprint density at radius 2 is 1.55 bits per heavy atom. The highest BCUT2D eigenvalue weighted by molar-refractivity contribution is 5.46. The lowest BCUT2D eigenvalue weighted by molar-refractivity contribution is -0.980. The van der Waals surface area contributed by atoms with E-state index in [4.69, 9.17) is 0 Å². The number of quaternary nitrogens is 1. The highest BCUT2D eigenvalue weighted by Gasteiger charge is 2.40. The van der Waals surface area contributed by atoms with Gasteiger partial charge in [0.05, 0.1) is 6.04 Å². The van der Waals surface area contributed by atoms with Crippen LogP contribution in [-0.2, 0) is 19.6 Å². The molecule has 1 atom stereocenters. The second-order valence-corrected chi connectivity index (χ2v) is 6.55. The standard InChI is InChI=1S/C19H23NO2/c1-3-14(2)20(11-15-7-5-4-6-8-15)12-16-9-18(21)19(22)10-17(16)13-20/h4-10,14H,3,11-13H2,1-2H3,(H-,21,22)/p+1. The van der Waals surface area contributed by atoms with Gasteiger partial charge in [0, 0.05) is 16.7 Å². The lowest BCUT2D eigenvalue weighted by Crippen LogP contribution is -2.48. The van der Waals surface area contributed by atoms with Gasteiger partial charge in [0.15, 0.2) is 11.5 Å². The van der Waals surface area contributed by atoms with Gasteiger partial charge in [-0.1, -0.05) is 37.3 Å². The number of aromatic hydroxyl groups is 2. The maximum atomic E-state index is 9.78. The number of fused-ring (bicyclic) bond motifs is 1. The van der Waals surface area contributed by atoms with Crippen LogP contribution in [0.3, 0.4) is 0 Å². The van der Waals surface area contributed by atoms with Gasteiger partial charge in [0.1, 0.15) is 19.6 Å². The second-order valence-electron chi connectivity index (χ2n) is 6.55. The van der Waals surface area contributed by atoms with Gasteiger partial charge in [-0.05, 0) is 25.5 Å². The lowest BCUT2D eigenvalue weighted by Gasteiger charge is -2.40. The summed E-state index contributed by atoms with van der Waals surface area (Å²) < 4.78 is 0.957. The molecule has 1 aliphatic rings. The van der Waals surface area contributed by atoms with E-state index in [0.717, 1.165) is 41.7 Å². The molecule has 1 heterocycles. The van der Waals surface area contributed by atoms with Crippen LogP contribution in [0.25, 0.3) is 0 Å². The summed E-state index contributed by atoms with van der Waals surface area (Å²) >= 11 is 0. The maximum absolute atomic E-state index is 9.78. The molecule has 0 fully saturated rings. The Bertz CT molecular complexity index is 636. The molecule has 0 aliphatic carbocycles. The van der Waals surface area contributed by atoms with Gasteiger partial charge in [0.2, 0.25) is 0 Å². The highest BCUT2D eigenvalue weighted by atomic mass is 16.3. The first kappa shape index (κ1) is 14.9. The number of hydrogen-bond acceptors (Lipinski definition) is 2. The first-order valence-corrected chi connectivity index (χ1v) is 7.97. The molecular weight excluding hydrogens is 274 g/mol. The van der Waals surface area contributed by atoms with E-state index < -0.39 is 0 Å². The van der Waals surface area contributed by atoms with Crippen molar-refractivity contribution in [3.05, 3.63) is 59.2 Å². The lowest BCUT2D eigenvalue weighted by atomic mass is 10.1. The van der Waals surface area contributed by atoms with Gasteiger partial charge in [-0.25, -0.2) is 0 Å². The molecule has 0 aromatic heterocycles. The Labute approximate surface area is 132 Å².